The quantitative estimate of drug-likeness (QED) is 0.632. The van der Waals surface area contributed by atoms with E-state index in [1.807, 2.05) is 0 Å². The zero-order chi connectivity index (χ0) is 14.6. The fraction of sp³-hybridized carbons (Fsp3) is 0.533. The Bertz CT molecular complexity index is 444. The van der Waals surface area contributed by atoms with Crippen molar-refractivity contribution in [3.8, 4) is 0 Å². The molecule has 1 aromatic rings. The van der Waals surface area contributed by atoms with Crippen LogP contribution < -0.4 is 11.5 Å². The van der Waals surface area contributed by atoms with Crippen LogP contribution >= 0.6 is 0 Å². The predicted octanol–water partition coefficient (Wildman–Crippen LogP) is 3.11. The first kappa shape index (κ1) is 15.3. The van der Waals surface area contributed by atoms with Crippen LogP contribution in [-0.2, 0) is 10.2 Å². The van der Waals surface area contributed by atoms with Crippen molar-refractivity contribution in [2.75, 3.05) is 18.1 Å². The van der Waals surface area contributed by atoms with Gasteiger partial charge in [0.2, 0.25) is 0 Å². The molecule has 0 saturated carbocycles. The molecule has 1 aromatic carbocycles. The highest BCUT2D eigenvalue weighted by atomic mass is 16.5. The maximum absolute atomic E-state index is 11.7. The van der Waals surface area contributed by atoms with Crippen LogP contribution in [0.3, 0.4) is 0 Å². The Morgan fingerprint density at radius 2 is 1.74 bits per heavy atom. The van der Waals surface area contributed by atoms with E-state index in [2.05, 4.69) is 20.8 Å². The minimum Gasteiger partial charge on any atom is -0.462 e. The summed E-state index contributed by atoms with van der Waals surface area (Å²) in [6.45, 7) is 8.46. The number of nitrogens with two attached hydrogens (primary N) is 2. The number of benzene rings is 1. The van der Waals surface area contributed by atoms with Gasteiger partial charge in [-0.3, -0.25) is 0 Å². The van der Waals surface area contributed by atoms with Crippen molar-refractivity contribution in [3.63, 3.8) is 0 Å². The number of hydrogen-bond acceptors (Lipinski definition) is 4. The zero-order valence-corrected chi connectivity index (χ0v) is 12.2. The van der Waals surface area contributed by atoms with Gasteiger partial charge in [0.15, 0.2) is 0 Å². The van der Waals surface area contributed by atoms with Gasteiger partial charge in [-0.25, -0.2) is 4.79 Å². The normalized spacial score (nSPS) is 11.4. The monoisotopic (exact) mass is 264 g/mol. The first-order valence-corrected chi connectivity index (χ1v) is 6.70. The van der Waals surface area contributed by atoms with E-state index < -0.39 is 0 Å². The average Bonchev–Trinajstić information content (AvgIpc) is 2.27. The Hall–Kier alpha value is -1.71. The molecule has 0 amide bonds. The Balaban J connectivity index is 3.21. The Morgan fingerprint density at radius 1 is 1.21 bits per heavy atom. The summed E-state index contributed by atoms with van der Waals surface area (Å²) in [5.41, 5.74) is 14.5. The first-order valence-electron chi connectivity index (χ1n) is 6.70. The van der Waals surface area contributed by atoms with Crippen molar-refractivity contribution < 1.29 is 9.53 Å². The summed E-state index contributed by atoms with van der Waals surface area (Å²) in [6, 6.07) is 3.31. The Kier molecular flexibility index (Phi) is 4.81. The highest BCUT2D eigenvalue weighted by Gasteiger charge is 2.26. The van der Waals surface area contributed by atoms with Crippen LogP contribution in [0.4, 0.5) is 11.4 Å². The molecule has 4 N–H and O–H groups in total. The number of rotatable bonds is 5. The van der Waals surface area contributed by atoms with Crippen molar-refractivity contribution in [3.05, 3.63) is 23.3 Å². The molecule has 0 radical (unpaired) electrons. The van der Waals surface area contributed by atoms with Crippen molar-refractivity contribution in [1.29, 1.82) is 0 Å². The van der Waals surface area contributed by atoms with E-state index in [4.69, 9.17) is 16.2 Å². The standard InChI is InChI=1S/C15H24N2O2/c1-5-7-15(3,4)13-11(16)8-10(9-12(13)17)14(18)19-6-2/h8-9H,5-7,16-17H2,1-4H3. The third-order valence-electron chi connectivity index (χ3n) is 3.26. The van der Waals surface area contributed by atoms with E-state index in [9.17, 15) is 4.79 Å². The van der Waals surface area contributed by atoms with E-state index in [-0.39, 0.29) is 11.4 Å². The van der Waals surface area contributed by atoms with Gasteiger partial charge in [0.25, 0.3) is 0 Å². The number of esters is 1. The van der Waals surface area contributed by atoms with Crippen LogP contribution in [0.15, 0.2) is 12.1 Å². The molecule has 0 fully saturated rings. The molecule has 4 heteroatoms. The predicted molar refractivity (Wildman–Crippen MR) is 79.2 cm³/mol. The molecule has 0 aliphatic rings. The van der Waals surface area contributed by atoms with Crippen LogP contribution in [0.5, 0.6) is 0 Å². The molecule has 0 aliphatic carbocycles. The number of carbonyl (C=O) groups is 1. The van der Waals surface area contributed by atoms with Crippen LogP contribution in [0, 0.1) is 0 Å². The first-order chi connectivity index (χ1) is 8.83. The van der Waals surface area contributed by atoms with Gasteiger partial charge in [-0.15, -0.1) is 0 Å². The van der Waals surface area contributed by atoms with Gasteiger partial charge >= 0.3 is 5.97 Å². The summed E-state index contributed by atoms with van der Waals surface area (Å²) in [5, 5.41) is 0. The molecule has 0 aliphatic heterocycles. The molecule has 0 atom stereocenters. The van der Waals surface area contributed by atoms with Crippen LogP contribution in [0.1, 0.15) is 56.5 Å². The minimum atomic E-state index is -0.388. The summed E-state index contributed by atoms with van der Waals surface area (Å²) >= 11 is 0. The molecule has 4 nitrogen and oxygen atoms in total. The second-order valence-corrected chi connectivity index (χ2v) is 5.38. The van der Waals surface area contributed by atoms with Gasteiger partial charge in [0.1, 0.15) is 0 Å². The SMILES string of the molecule is CCCC(C)(C)c1c(N)cc(C(=O)OCC)cc1N. The van der Waals surface area contributed by atoms with Crippen LogP contribution in [0.25, 0.3) is 0 Å². The number of ether oxygens (including phenoxy) is 1. The highest BCUT2D eigenvalue weighted by Crippen LogP contribution is 2.37. The van der Waals surface area contributed by atoms with Crippen LogP contribution in [0.2, 0.25) is 0 Å². The molecular weight excluding hydrogens is 240 g/mol. The van der Waals surface area contributed by atoms with E-state index in [0.717, 1.165) is 18.4 Å². The number of nitrogen functional groups attached to an aromatic ring is 2. The topological polar surface area (TPSA) is 78.3 Å². The van der Waals surface area contributed by atoms with Gasteiger partial charge in [-0.1, -0.05) is 27.2 Å². The largest absolute Gasteiger partial charge is 0.462 e. The Morgan fingerprint density at radius 3 is 2.16 bits per heavy atom. The lowest BCUT2D eigenvalue weighted by molar-refractivity contribution is 0.0526. The van der Waals surface area contributed by atoms with E-state index >= 15 is 0 Å². The molecule has 0 saturated heterocycles. The molecule has 0 heterocycles. The minimum absolute atomic E-state index is 0.101. The summed E-state index contributed by atoms with van der Waals surface area (Å²) in [6.07, 6.45) is 2.03. The molecule has 19 heavy (non-hydrogen) atoms. The summed E-state index contributed by atoms with van der Waals surface area (Å²) in [4.78, 5) is 11.7. The van der Waals surface area contributed by atoms with Gasteiger partial charge in [0, 0.05) is 16.9 Å². The second kappa shape index (κ2) is 5.95. The zero-order valence-electron chi connectivity index (χ0n) is 12.2. The number of hydrogen-bond donors (Lipinski definition) is 2. The third kappa shape index (κ3) is 3.40. The summed E-state index contributed by atoms with van der Waals surface area (Å²) in [7, 11) is 0. The fourth-order valence-electron chi connectivity index (χ4n) is 2.55. The highest BCUT2D eigenvalue weighted by molar-refractivity contribution is 5.92. The number of carbonyl (C=O) groups excluding carboxylic acids is 1. The van der Waals surface area contributed by atoms with Crippen molar-refractivity contribution in [2.45, 2.75) is 46.0 Å². The van der Waals surface area contributed by atoms with E-state index in [1.54, 1.807) is 19.1 Å². The lowest BCUT2D eigenvalue weighted by Crippen LogP contribution is -2.21. The van der Waals surface area contributed by atoms with Gasteiger partial charge in [0.05, 0.1) is 12.2 Å². The molecule has 106 valence electrons. The fourth-order valence-corrected chi connectivity index (χ4v) is 2.55. The lowest BCUT2D eigenvalue weighted by Gasteiger charge is -2.28. The van der Waals surface area contributed by atoms with E-state index in [0.29, 0.717) is 23.5 Å². The molecule has 0 bridgehead atoms. The molecule has 0 unspecified atom stereocenters. The summed E-state index contributed by atoms with van der Waals surface area (Å²) < 4.78 is 4.96. The smallest absolute Gasteiger partial charge is 0.338 e. The van der Waals surface area contributed by atoms with Crippen molar-refractivity contribution >= 4 is 17.3 Å². The van der Waals surface area contributed by atoms with Crippen LogP contribution in [-0.4, -0.2) is 12.6 Å². The van der Waals surface area contributed by atoms with Gasteiger partial charge < -0.3 is 16.2 Å². The molecule has 0 aromatic heterocycles. The molecule has 1 rings (SSSR count). The van der Waals surface area contributed by atoms with E-state index in [1.165, 1.54) is 0 Å². The van der Waals surface area contributed by atoms with Gasteiger partial charge in [-0.2, -0.15) is 0 Å². The average molecular weight is 264 g/mol. The molecular formula is C15H24N2O2. The van der Waals surface area contributed by atoms with Gasteiger partial charge in [-0.05, 0) is 30.9 Å². The maximum atomic E-state index is 11.7. The Labute approximate surface area is 115 Å². The molecule has 0 spiro atoms. The third-order valence-corrected chi connectivity index (χ3v) is 3.26. The van der Waals surface area contributed by atoms with Crippen molar-refractivity contribution in [2.24, 2.45) is 0 Å². The summed E-state index contributed by atoms with van der Waals surface area (Å²) in [5.74, 6) is -0.388. The lowest BCUT2D eigenvalue weighted by atomic mass is 9.78. The van der Waals surface area contributed by atoms with Crippen molar-refractivity contribution in [1.82, 2.24) is 0 Å². The number of anilines is 2. The second-order valence-electron chi connectivity index (χ2n) is 5.38. The maximum Gasteiger partial charge on any atom is 0.338 e.